The molecule has 0 saturated heterocycles. The Morgan fingerprint density at radius 1 is 1.31 bits per heavy atom. The van der Waals surface area contributed by atoms with Crippen molar-refractivity contribution in [2.24, 2.45) is 5.92 Å². The second-order valence-corrected chi connectivity index (χ2v) is 4.58. The second-order valence-electron chi connectivity index (χ2n) is 4.58. The van der Waals surface area contributed by atoms with Gasteiger partial charge in [-0.3, -0.25) is 0 Å². The zero-order valence-corrected chi connectivity index (χ0v) is 10.5. The lowest BCUT2D eigenvalue weighted by Crippen LogP contribution is -2.16. The first-order valence-corrected chi connectivity index (χ1v) is 5.73. The average Bonchev–Trinajstić information content (AvgIpc) is 2.25. The van der Waals surface area contributed by atoms with Gasteiger partial charge in [0.05, 0.1) is 0 Å². The lowest BCUT2D eigenvalue weighted by atomic mass is 10.2. The summed E-state index contributed by atoms with van der Waals surface area (Å²) in [4.78, 5) is 8.82. The molecular formula is C12H21N3O. The SMILES string of the molecule is Cc1cc(NCC(C)CO)nc(C(C)C)n1. The monoisotopic (exact) mass is 223 g/mol. The van der Waals surface area contributed by atoms with Crippen molar-refractivity contribution >= 4 is 5.82 Å². The summed E-state index contributed by atoms with van der Waals surface area (Å²) in [7, 11) is 0. The van der Waals surface area contributed by atoms with Gasteiger partial charge in [-0.25, -0.2) is 9.97 Å². The van der Waals surface area contributed by atoms with Gasteiger partial charge in [0, 0.05) is 30.8 Å². The first kappa shape index (κ1) is 12.9. The second kappa shape index (κ2) is 5.80. The van der Waals surface area contributed by atoms with E-state index in [2.05, 4.69) is 29.1 Å². The highest BCUT2D eigenvalue weighted by molar-refractivity contribution is 5.36. The summed E-state index contributed by atoms with van der Waals surface area (Å²) in [6.07, 6.45) is 0. The number of anilines is 1. The van der Waals surface area contributed by atoms with E-state index in [1.54, 1.807) is 0 Å². The fourth-order valence-corrected chi connectivity index (χ4v) is 1.28. The lowest BCUT2D eigenvalue weighted by Gasteiger charge is -2.12. The molecule has 1 aromatic heterocycles. The van der Waals surface area contributed by atoms with Crippen LogP contribution in [0.3, 0.4) is 0 Å². The molecule has 1 atom stereocenters. The van der Waals surface area contributed by atoms with E-state index in [-0.39, 0.29) is 12.5 Å². The third kappa shape index (κ3) is 3.77. The predicted octanol–water partition coefficient (Wildman–Crippen LogP) is 1.95. The smallest absolute Gasteiger partial charge is 0.133 e. The summed E-state index contributed by atoms with van der Waals surface area (Å²) in [5.41, 5.74) is 0.970. The largest absolute Gasteiger partial charge is 0.396 e. The highest BCUT2D eigenvalue weighted by atomic mass is 16.3. The first-order valence-electron chi connectivity index (χ1n) is 5.73. The first-order chi connectivity index (χ1) is 7.52. The van der Waals surface area contributed by atoms with Gasteiger partial charge in [-0.05, 0) is 12.8 Å². The Bertz CT molecular complexity index is 339. The molecule has 0 fully saturated rings. The van der Waals surface area contributed by atoms with Gasteiger partial charge < -0.3 is 10.4 Å². The maximum atomic E-state index is 8.94. The van der Waals surface area contributed by atoms with E-state index in [4.69, 9.17) is 5.11 Å². The normalized spacial score (nSPS) is 12.9. The summed E-state index contributed by atoms with van der Waals surface area (Å²) < 4.78 is 0. The van der Waals surface area contributed by atoms with Crippen LogP contribution in [0.5, 0.6) is 0 Å². The molecule has 0 aliphatic heterocycles. The number of aromatic nitrogens is 2. The summed E-state index contributed by atoms with van der Waals surface area (Å²) in [6.45, 7) is 9.03. The summed E-state index contributed by atoms with van der Waals surface area (Å²) in [6, 6.07) is 1.93. The number of nitrogens with one attached hydrogen (secondary N) is 1. The van der Waals surface area contributed by atoms with Crippen LogP contribution in [0.15, 0.2) is 6.07 Å². The van der Waals surface area contributed by atoms with Crippen molar-refractivity contribution < 1.29 is 5.11 Å². The molecule has 2 N–H and O–H groups in total. The molecule has 1 heterocycles. The van der Waals surface area contributed by atoms with E-state index >= 15 is 0 Å². The minimum absolute atomic E-state index is 0.189. The van der Waals surface area contributed by atoms with Crippen LogP contribution in [0.4, 0.5) is 5.82 Å². The Labute approximate surface area is 97.1 Å². The molecule has 0 aromatic carbocycles. The number of aryl methyl sites for hydroxylation is 1. The van der Waals surface area contributed by atoms with Crippen molar-refractivity contribution in [3.05, 3.63) is 17.6 Å². The maximum Gasteiger partial charge on any atom is 0.133 e. The molecule has 4 nitrogen and oxygen atoms in total. The van der Waals surface area contributed by atoms with Gasteiger partial charge in [0.15, 0.2) is 0 Å². The van der Waals surface area contributed by atoms with Crippen LogP contribution in [0.25, 0.3) is 0 Å². The minimum Gasteiger partial charge on any atom is -0.396 e. The molecule has 0 bridgehead atoms. The highest BCUT2D eigenvalue weighted by Crippen LogP contribution is 2.13. The average molecular weight is 223 g/mol. The third-order valence-corrected chi connectivity index (χ3v) is 2.33. The van der Waals surface area contributed by atoms with Crippen LogP contribution in [-0.4, -0.2) is 28.2 Å². The van der Waals surface area contributed by atoms with E-state index < -0.39 is 0 Å². The Balaban J connectivity index is 2.72. The van der Waals surface area contributed by atoms with Gasteiger partial charge >= 0.3 is 0 Å². The summed E-state index contributed by atoms with van der Waals surface area (Å²) in [5, 5.41) is 12.2. The molecule has 1 unspecified atom stereocenters. The molecule has 1 rings (SSSR count). The van der Waals surface area contributed by atoms with Crippen LogP contribution in [0, 0.1) is 12.8 Å². The fraction of sp³-hybridized carbons (Fsp3) is 0.667. The van der Waals surface area contributed by atoms with Crippen LogP contribution in [0.2, 0.25) is 0 Å². The van der Waals surface area contributed by atoms with Crippen LogP contribution < -0.4 is 5.32 Å². The lowest BCUT2D eigenvalue weighted by molar-refractivity contribution is 0.244. The van der Waals surface area contributed by atoms with E-state index in [1.807, 2.05) is 19.9 Å². The van der Waals surface area contributed by atoms with Gasteiger partial charge in [-0.1, -0.05) is 20.8 Å². The van der Waals surface area contributed by atoms with Crippen LogP contribution >= 0.6 is 0 Å². The number of rotatable bonds is 5. The summed E-state index contributed by atoms with van der Waals surface area (Å²) in [5.74, 6) is 2.27. The maximum absolute atomic E-state index is 8.94. The molecule has 0 amide bonds. The predicted molar refractivity (Wildman–Crippen MR) is 65.6 cm³/mol. The van der Waals surface area contributed by atoms with Crippen molar-refractivity contribution in [3.63, 3.8) is 0 Å². The number of nitrogens with zero attached hydrogens (tertiary/aromatic N) is 2. The molecule has 0 aliphatic rings. The van der Waals surface area contributed by atoms with Crippen molar-refractivity contribution in [1.29, 1.82) is 0 Å². The quantitative estimate of drug-likeness (QED) is 0.801. The zero-order chi connectivity index (χ0) is 12.1. The Morgan fingerprint density at radius 3 is 2.56 bits per heavy atom. The van der Waals surface area contributed by atoms with Crippen molar-refractivity contribution in [2.75, 3.05) is 18.5 Å². The molecule has 0 radical (unpaired) electrons. The Kier molecular flexibility index (Phi) is 4.68. The zero-order valence-electron chi connectivity index (χ0n) is 10.5. The Hall–Kier alpha value is -1.16. The van der Waals surface area contributed by atoms with E-state index in [1.165, 1.54) is 0 Å². The van der Waals surface area contributed by atoms with Gasteiger partial charge in [0.25, 0.3) is 0 Å². The van der Waals surface area contributed by atoms with Crippen molar-refractivity contribution in [2.45, 2.75) is 33.6 Å². The minimum atomic E-state index is 0.189. The van der Waals surface area contributed by atoms with Crippen LogP contribution in [-0.2, 0) is 0 Å². The van der Waals surface area contributed by atoms with E-state index in [0.717, 1.165) is 23.9 Å². The molecule has 0 saturated carbocycles. The van der Waals surface area contributed by atoms with Crippen LogP contribution in [0.1, 0.15) is 38.2 Å². The number of hydrogen-bond donors (Lipinski definition) is 2. The van der Waals surface area contributed by atoms with Crippen molar-refractivity contribution in [3.8, 4) is 0 Å². The van der Waals surface area contributed by atoms with Crippen molar-refractivity contribution in [1.82, 2.24) is 9.97 Å². The summed E-state index contributed by atoms with van der Waals surface area (Å²) >= 11 is 0. The number of hydrogen-bond acceptors (Lipinski definition) is 4. The van der Waals surface area contributed by atoms with Gasteiger partial charge in [-0.2, -0.15) is 0 Å². The fourth-order valence-electron chi connectivity index (χ4n) is 1.28. The van der Waals surface area contributed by atoms with Gasteiger partial charge in [-0.15, -0.1) is 0 Å². The van der Waals surface area contributed by atoms with Gasteiger partial charge in [0.1, 0.15) is 11.6 Å². The standard InChI is InChI=1S/C12H21N3O/c1-8(2)12-14-10(4)5-11(15-12)13-6-9(3)7-16/h5,8-9,16H,6-7H2,1-4H3,(H,13,14,15). The van der Waals surface area contributed by atoms with E-state index in [0.29, 0.717) is 5.92 Å². The van der Waals surface area contributed by atoms with Gasteiger partial charge in [0.2, 0.25) is 0 Å². The Morgan fingerprint density at radius 2 is 2.00 bits per heavy atom. The molecule has 4 heteroatoms. The third-order valence-electron chi connectivity index (χ3n) is 2.33. The van der Waals surface area contributed by atoms with E-state index in [9.17, 15) is 0 Å². The molecular weight excluding hydrogens is 202 g/mol. The highest BCUT2D eigenvalue weighted by Gasteiger charge is 2.06. The molecule has 0 aliphatic carbocycles. The molecule has 90 valence electrons. The number of aliphatic hydroxyl groups is 1. The molecule has 1 aromatic rings. The topological polar surface area (TPSA) is 58.0 Å². The molecule has 16 heavy (non-hydrogen) atoms. The number of aliphatic hydroxyl groups excluding tert-OH is 1. The molecule has 0 spiro atoms.